The van der Waals surface area contributed by atoms with Gasteiger partial charge < -0.3 is 14.8 Å². The number of nitrogens with zero attached hydrogens (tertiary/aromatic N) is 1. The molecule has 0 amide bonds. The molecule has 0 aliphatic carbocycles. The number of carbonyl (C=O) groups is 1. The van der Waals surface area contributed by atoms with Gasteiger partial charge in [-0.3, -0.25) is 0 Å². The summed E-state index contributed by atoms with van der Waals surface area (Å²) in [7, 11) is 0. The summed E-state index contributed by atoms with van der Waals surface area (Å²) in [4.78, 5) is 14.9. The van der Waals surface area contributed by atoms with Crippen molar-refractivity contribution in [2.75, 3.05) is 0 Å². The summed E-state index contributed by atoms with van der Waals surface area (Å²) in [5.74, 6) is 0.482. The van der Waals surface area contributed by atoms with Crippen molar-refractivity contribution in [3.05, 3.63) is 51.6 Å². The van der Waals surface area contributed by atoms with Gasteiger partial charge in [0.2, 0.25) is 5.89 Å². The smallest absolute Gasteiger partial charge is 0.335 e. The third-order valence-electron chi connectivity index (χ3n) is 2.56. The van der Waals surface area contributed by atoms with Crippen LogP contribution in [-0.4, -0.2) is 16.1 Å². The molecular weight excluding hydrogens is 312 g/mol. The van der Waals surface area contributed by atoms with Gasteiger partial charge in [-0.1, -0.05) is 22.0 Å². The molecule has 0 atom stereocenters. The van der Waals surface area contributed by atoms with Crippen LogP contribution in [0.5, 0.6) is 0 Å². The van der Waals surface area contributed by atoms with Crippen molar-refractivity contribution in [2.45, 2.75) is 20.0 Å². The van der Waals surface area contributed by atoms with Crippen molar-refractivity contribution >= 4 is 21.9 Å². The minimum Gasteiger partial charge on any atom is -0.478 e. The van der Waals surface area contributed by atoms with Crippen LogP contribution in [0.2, 0.25) is 0 Å². The Morgan fingerprint density at radius 2 is 2.26 bits per heavy atom. The molecule has 1 aromatic carbocycles. The highest BCUT2D eigenvalue weighted by Crippen LogP contribution is 2.18. The van der Waals surface area contributed by atoms with E-state index in [0.29, 0.717) is 19.0 Å². The van der Waals surface area contributed by atoms with Crippen LogP contribution in [-0.2, 0) is 13.1 Å². The Kier molecular flexibility index (Phi) is 4.34. The average molecular weight is 325 g/mol. The standard InChI is InChI=1S/C13H13BrN2O3/c1-8-5-16-12(19-8)7-15-6-10-3-2-9(13(17)18)4-11(10)14/h2-5,15H,6-7H2,1H3,(H,17,18). The number of hydrogen-bond donors (Lipinski definition) is 2. The lowest BCUT2D eigenvalue weighted by Gasteiger charge is -2.06. The number of halogens is 1. The zero-order valence-corrected chi connectivity index (χ0v) is 11.9. The Morgan fingerprint density at radius 3 is 2.84 bits per heavy atom. The first-order valence-electron chi connectivity index (χ1n) is 5.70. The predicted molar refractivity (Wildman–Crippen MR) is 72.9 cm³/mol. The number of benzene rings is 1. The Balaban J connectivity index is 1.94. The van der Waals surface area contributed by atoms with Gasteiger partial charge in [-0.15, -0.1) is 0 Å². The fourth-order valence-electron chi connectivity index (χ4n) is 1.61. The molecule has 0 saturated heterocycles. The van der Waals surface area contributed by atoms with E-state index in [0.717, 1.165) is 15.8 Å². The van der Waals surface area contributed by atoms with Crippen LogP contribution >= 0.6 is 15.9 Å². The van der Waals surface area contributed by atoms with Gasteiger partial charge in [-0.25, -0.2) is 9.78 Å². The van der Waals surface area contributed by atoms with Crippen LogP contribution in [0.15, 0.2) is 33.3 Å². The van der Waals surface area contributed by atoms with E-state index in [-0.39, 0.29) is 5.56 Å². The van der Waals surface area contributed by atoms with Gasteiger partial charge in [0.1, 0.15) is 5.76 Å². The largest absolute Gasteiger partial charge is 0.478 e. The number of carboxylic acid groups (broad SMARTS) is 1. The molecule has 2 N–H and O–H groups in total. The molecule has 19 heavy (non-hydrogen) atoms. The minimum atomic E-state index is -0.935. The molecule has 5 nitrogen and oxygen atoms in total. The van der Waals surface area contributed by atoms with Gasteiger partial charge in [0.25, 0.3) is 0 Å². The van der Waals surface area contributed by atoms with E-state index >= 15 is 0 Å². The van der Waals surface area contributed by atoms with E-state index in [1.54, 1.807) is 24.4 Å². The van der Waals surface area contributed by atoms with Crippen molar-refractivity contribution in [3.8, 4) is 0 Å². The summed E-state index contributed by atoms with van der Waals surface area (Å²) in [6.07, 6.45) is 1.68. The lowest BCUT2D eigenvalue weighted by atomic mass is 10.1. The fourth-order valence-corrected chi connectivity index (χ4v) is 2.13. The SMILES string of the molecule is Cc1cnc(CNCc2ccc(C(=O)O)cc2Br)o1. The second kappa shape index (κ2) is 5.99. The first-order valence-corrected chi connectivity index (χ1v) is 6.49. The van der Waals surface area contributed by atoms with Crippen LogP contribution < -0.4 is 5.32 Å². The predicted octanol–water partition coefficient (Wildman–Crippen LogP) is 2.73. The molecule has 0 aliphatic rings. The molecule has 2 rings (SSSR count). The molecule has 0 spiro atoms. The molecule has 0 bridgehead atoms. The maximum Gasteiger partial charge on any atom is 0.335 e. The number of oxazole rings is 1. The van der Waals surface area contributed by atoms with Gasteiger partial charge in [-0.05, 0) is 24.6 Å². The Bertz CT molecular complexity index is 595. The number of nitrogens with one attached hydrogen (secondary N) is 1. The van der Waals surface area contributed by atoms with E-state index in [4.69, 9.17) is 9.52 Å². The number of carboxylic acids is 1. The maximum absolute atomic E-state index is 10.8. The van der Waals surface area contributed by atoms with Crippen LogP contribution in [0, 0.1) is 6.92 Å². The van der Waals surface area contributed by atoms with Crippen molar-refractivity contribution < 1.29 is 14.3 Å². The van der Waals surface area contributed by atoms with Crippen molar-refractivity contribution in [1.29, 1.82) is 0 Å². The van der Waals surface area contributed by atoms with Crippen LogP contribution in [0.25, 0.3) is 0 Å². The minimum absolute atomic E-state index is 0.263. The molecule has 0 fully saturated rings. The molecule has 6 heteroatoms. The third kappa shape index (κ3) is 3.65. The molecule has 0 aliphatic heterocycles. The van der Waals surface area contributed by atoms with Gasteiger partial charge in [0, 0.05) is 11.0 Å². The molecule has 1 aromatic heterocycles. The highest BCUT2D eigenvalue weighted by Gasteiger charge is 2.07. The summed E-state index contributed by atoms with van der Waals surface area (Å²) < 4.78 is 6.11. The summed E-state index contributed by atoms with van der Waals surface area (Å²) in [5, 5.41) is 12.1. The van der Waals surface area contributed by atoms with Gasteiger partial charge in [-0.2, -0.15) is 0 Å². The molecule has 0 unspecified atom stereocenters. The van der Waals surface area contributed by atoms with Crippen LogP contribution in [0.4, 0.5) is 0 Å². The van der Waals surface area contributed by atoms with Crippen LogP contribution in [0.3, 0.4) is 0 Å². The van der Waals surface area contributed by atoms with Crippen molar-refractivity contribution in [1.82, 2.24) is 10.3 Å². The highest BCUT2D eigenvalue weighted by molar-refractivity contribution is 9.10. The second-order valence-electron chi connectivity index (χ2n) is 4.08. The van der Waals surface area contributed by atoms with Gasteiger partial charge >= 0.3 is 5.97 Å². The quantitative estimate of drug-likeness (QED) is 0.884. The first kappa shape index (κ1) is 13.8. The number of aryl methyl sites for hydroxylation is 1. The molecule has 0 saturated carbocycles. The lowest BCUT2D eigenvalue weighted by Crippen LogP contribution is -2.13. The number of aromatic nitrogens is 1. The summed E-state index contributed by atoms with van der Waals surface area (Å²) in [6, 6.07) is 4.95. The maximum atomic E-state index is 10.8. The van der Waals surface area contributed by atoms with Crippen molar-refractivity contribution in [2.24, 2.45) is 0 Å². The molecule has 2 aromatic rings. The third-order valence-corrected chi connectivity index (χ3v) is 3.30. The first-order chi connectivity index (χ1) is 9.06. The van der Waals surface area contributed by atoms with E-state index in [1.165, 1.54) is 0 Å². The van der Waals surface area contributed by atoms with Gasteiger partial charge in [0.05, 0.1) is 18.3 Å². The topological polar surface area (TPSA) is 75.4 Å². The Labute approximate surface area is 118 Å². The number of aromatic carboxylic acids is 1. The van der Waals surface area contributed by atoms with E-state index in [1.807, 2.05) is 6.92 Å². The number of hydrogen-bond acceptors (Lipinski definition) is 4. The second-order valence-corrected chi connectivity index (χ2v) is 4.93. The number of rotatable bonds is 5. The van der Waals surface area contributed by atoms with E-state index in [2.05, 4.69) is 26.2 Å². The fraction of sp³-hybridized carbons (Fsp3) is 0.231. The Hall–Kier alpha value is -1.66. The van der Waals surface area contributed by atoms with Crippen molar-refractivity contribution in [3.63, 3.8) is 0 Å². The molecule has 0 radical (unpaired) electrons. The summed E-state index contributed by atoms with van der Waals surface area (Å²) in [6.45, 7) is 2.97. The normalized spacial score (nSPS) is 10.6. The summed E-state index contributed by atoms with van der Waals surface area (Å²) in [5.41, 5.74) is 1.24. The lowest BCUT2D eigenvalue weighted by molar-refractivity contribution is 0.0697. The molecule has 1 heterocycles. The molecular formula is C13H13BrN2O3. The zero-order chi connectivity index (χ0) is 13.8. The highest BCUT2D eigenvalue weighted by atomic mass is 79.9. The molecule has 100 valence electrons. The average Bonchev–Trinajstić information content (AvgIpc) is 2.77. The monoisotopic (exact) mass is 324 g/mol. The van der Waals surface area contributed by atoms with Crippen LogP contribution in [0.1, 0.15) is 27.6 Å². The Morgan fingerprint density at radius 1 is 1.47 bits per heavy atom. The summed E-state index contributed by atoms with van der Waals surface area (Å²) >= 11 is 3.36. The van der Waals surface area contributed by atoms with E-state index in [9.17, 15) is 4.79 Å². The van der Waals surface area contributed by atoms with Gasteiger partial charge in [0.15, 0.2) is 0 Å². The zero-order valence-electron chi connectivity index (χ0n) is 10.3. The van der Waals surface area contributed by atoms with E-state index < -0.39 is 5.97 Å².